The predicted molar refractivity (Wildman–Crippen MR) is 82.7 cm³/mol. The van der Waals surface area contributed by atoms with Gasteiger partial charge >= 0.3 is 0 Å². The zero-order valence-corrected chi connectivity index (χ0v) is 13.6. The Labute approximate surface area is 128 Å². The summed E-state index contributed by atoms with van der Waals surface area (Å²) in [5.41, 5.74) is 0.983. The maximum atomic E-state index is 12.2. The van der Waals surface area contributed by atoms with E-state index in [1.807, 2.05) is 0 Å². The van der Waals surface area contributed by atoms with E-state index in [9.17, 15) is 4.79 Å². The molecule has 0 saturated heterocycles. The van der Waals surface area contributed by atoms with Crippen LogP contribution >= 0.6 is 27.5 Å². The van der Waals surface area contributed by atoms with Crippen LogP contribution in [-0.4, -0.2) is 11.9 Å². The topological polar surface area (TPSA) is 29.1 Å². The summed E-state index contributed by atoms with van der Waals surface area (Å²) in [6, 6.07) is 5.55. The number of rotatable bonds is 2. The fourth-order valence-electron chi connectivity index (χ4n) is 2.73. The average molecular weight is 345 g/mol. The molecule has 2 nitrogen and oxygen atoms in total. The van der Waals surface area contributed by atoms with Crippen molar-refractivity contribution in [3.05, 3.63) is 33.3 Å². The van der Waals surface area contributed by atoms with Crippen LogP contribution in [0.25, 0.3) is 0 Å². The van der Waals surface area contributed by atoms with Crippen molar-refractivity contribution in [1.82, 2.24) is 5.32 Å². The van der Waals surface area contributed by atoms with Crippen LogP contribution in [0, 0.1) is 5.41 Å². The molecule has 2 rings (SSSR count). The minimum atomic E-state index is -0.0138. The van der Waals surface area contributed by atoms with Gasteiger partial charge in [-0.3, -0.25) is 4.79 Å². The first kappa shape index (κ1) is 14.9. The van der Waals surface area contributed by atoms with Crippen molar-refractivity contribution < 1.29 is 4.79 Å². The van der Waals surface area contributed by atoms with Gasteiger partial charge in [0.25, 0.3) is 5.91 Å². The van der Waals surface area contributed by atoms with Gasteiger partial charge in [0.05, 0.1) is 5.02 Å². The van der Waals surface area contributed by atoms with Crippen LogP contribution in [-0.2, 0) is 0 Å². The monoisotopic (exact) mass is 343 g/mol. The van der Waals surface area contributed by atoms with Crippen LogP contribution in [0.2, 0.25) is 5.02 Å². The van der Waals surface area contributed by atoms with Crippen molar-refractivity contribution in [3.63, 3.8) is 0 Å². The average Bonchev–Trinajstić information content (AvgIpc) is 2.31. The molecule has 1 N–H and O–H groups in total. The molecule has 0 heterocycles. The maximum absolute atomic E-state index is 12.2. The smallest absolute Gasteiger partial charge is 0.251 e. The van der Waals surface area contributed by atoms with Gasteiger partial charge in [-0.15, -0.1) is 0 Å². The van der Waals surface area contributed by atoms with E-state index in [1.165, 1.54) is 12.8 Å². The van der Waals surface area contributed by atoms with Gasteiger partial charge in [-0.25, -0.2) is 0 Å². The lowest BCUT2D eigenvalue weighted by atomic mass is 9.75. The third kappa shape index (κ3) is 3.96. The van der Waals surface area contributed by atoms with Crippen LogP contribution in [0.15, 0.2) is 22.7 Å². The van der Waals surface area contributed by atoms with Crippen molar-refractivity contribution >= 4 is 33.4 Å². The fraction of sp³-hybridized carbons (Fsp3) is 0.533. The number of carbonyl (C=O) groups is 1. The number of halogens is 2. The molecule has 104 valence electrons. The molecule has 1 saturated carbocycles. The quantitative estimate of drug-likeness (QED) is 0.820. The van der Waals surface area contributed by atoms with Crippen LogP contribution < -0.4 is 5.32 Å². The molecule has 19 heavy (non-hydrogen) atoms. The Bertz CT molecular complexity index is 487. The lowest BCUT2D eigenvalue weighted by Crippen LogP contribution is -2.40. The SMILES string of the molecule is CC1(C)CCCC(NC(=O)c2ccc(Cl)c(Br)c2)C1. The van der Waals surface area contributed by atoms with E-state index in [0.29, 0.717) is 16.0 Å². The lowest BCUT2D eigenvalue weighted by molar-refractivity contribution is 0.0902. The van der Waals surface area contributed by atoms with E-state index in [0.717, 1.165) is 17.3 Å². The highest BCUT2D eigenvalue weighted by atomic mass is 79.9. The standard InChI is InChI=1S/C15H19BrClNO/c1-15(2)7-3-4-11(9-15)18-14(19)10-5-6-13(17)12(16)8-10/h5-6,8,11H,3-4,7,9H2,1-2H3,(H,18,19). The second kappa shape index (κ2) is 5.84. The normalized spacial score (nSPS) is 22.0. The van der Waals surface area contributed by atoms with E-state index < -0.39 is 0 Å². The second-order valence-corrected chi connectivity index (χ2v) is 7.32. The molecule has 0 radical (unpaired) electrons. The van der Waals surface area contributed by atoms with Crippen LogP contribution in [0.5, 0.6) is 0 Å². The highest BCUT2D eigenvalue weighted by molar-refractivity contribution is 9.10. The van der Waals surface area contributed by atoms with Crippen LogP contribution in [0.4, 0.5) is 0 Å². The first-order valence-electron chi connectivity index (χ1n) is 6.63. The largest absolute Gasteiger partial charge is 0.349 e. The number of benzene rings is 1. The summed E-state index contributed by atoms with van der Waals surface area (Å²) < 4.78 is 0.755. The maximum Gasteiger partial charge on any atom is 0.251 e. The summed E-state index contributed by atoms with van der Waals surface area (Å²) in [5.74, 6) is -0.0138. The van der Waals surface area contributed by atoms with Gasteiger partial charge in [-0.05, 0) is 58.8 Å². The van der Waals surface area contributed by atoms with Crippen molar-refractivity contribution in [2.75, 3.05) is 0 Å². The zero-order chi connectivity index (χ0) is 14.0. The van der Waals surface area contributed by atoms with Gasteiger partial charge in [-0.1, -0.05) is 31.9 Å². The third-order valence-corrected chi connectivity index (χ3v) is 4.94. The van der Waals surface area contributed by atoms with E-state index in [4.69, 9.17) is 11.6 Å². The minimum Gasteiger partial charge on any atom is -0.349 e. The van der Waals surface area contributed by atoms with Crippen LogP contribution in [0.3, 0.4) is 0 Å². The Balaban J connectivity index is 2.02. The van der Waals surface area contributed by atoms with E-state index in [1.54, 1.807) is 18.2 Å². The van der Waals surface area contributed by atoms with Crippen molar-refractivity contribution in [2.24, 2.45) is 5.41 Å². The molecule has 1 amide bonds. The molecule has 1 aromatic carbocycles. The third-order valence-electron chi connectivity index (χ3n) is 3.72. The zero-order valence-electron chi connectivity index (χ0n) is 11.3. The molecule has 1 aromatic rings. The van der Waals surface area contributed by atoms with Gasteiger partial charge in [0.2, 0.25) is 0 Å². The number of hydrogen-bond donors (Lipinski definition) is 1. The van der Waals surface area contributed by atoms with Crippen LogP contribution in [0.1, 0.15) is 49.9 Å². The Morgan fingerprint density at radius 2 is 2.21 bits per heavy atom. The number of carbonyl (C=O) groups excluding carboxylic acids is 1. The van der Waals surface area contributed by atoms with Gasteiger partial charge in [0, 0.05) is 16.1 Å². The molecule has 4 heteroatoms. The summed E-state index contributed by atoms with van der Waals surface area (Å²) in [6.07, 6.45) is 4.55. The molecule has 1 aliphatic rings. The highest BCUT2D eigenvalue weighted by Gasteiger charge is 2.28. The Morgan fingerprint density at radius 1 is 1.47 bits per heavy atom. The molecule has 1 unspecified atom stereocenters. The molecule has 1 fully saturated rings. The summed E-state index contributed by atoms with van der Waals surface area (Å²) in [7, 11) is 0. The van der Waals surface area contributed by atoms with Gasteiger partial charge in [-0.2, -0.15) is 0 Å². The second-order valence-electron chi connectivity index (χ2n) is 6.06. The lowest BCUT2D eigenvalue weighted by Gasteiger charge is -2.35. The number of nitrogens with one attached hydrogen (secondary N) is 1. The van der Waals surface area contributed by atoms with E-state index in [2.05, 4.69) is 35.1 Å². The van der Waals surface area contributed by atoms with Gasteiger partial charge in [0.1, 0.15) is 0 Å². The van der Waals surface area contributed by atoms with Gasteiger partial charge in [0.15, 0.2) is 0 Å². The molecule has 0 aliphatic heterocycles. The molecule has 0 aromatic heterocycles. The summed E-state index contributed by atoms with van der Waals surface area (Å²) in [6.45, 7) is 4.54. The summed E-state index contributed by atoms with van der Waals surface area (Å²) in [4.78, 5) is 12.2. The number of amides is 1. The van der Waals surface area contributed by atoms with Gasteiger partial charge < -0.3 is 5.32 Å². The summed E-state index contributed by atoms with van der Waals surface area (Å²) in [5, 5.41) is 3.76. The van der Waals surface area contributed by atoms with Crippen molar-refractivity contribution in [2.45, 2.75) is 45.6 Å². The van der Waals surface area contributed by atoms with E-state index in [-0.39, 0.29) is 11.9 Å². The first-order chi connectivity index (χ1) is 8.87. The Hall–Kier alpha value is -0.540. The molecule has 0 bridgehead atoms. The minimum absolute atomic E-state index is 0.0138. The van der Waals surface area contributed by atoms with Crippen molar-refractivity contribution in [3.8, 4) is 0 Å². The summed E-state index contributed by atoms with van der Waals surface area (Å²) >= 11 is 9.28. The molecular weight excluding hydrogens is 326 g/mol. The van der Waals surface area contributed by atoms with Crippen molar-refractivity contribution in [1.29, 1.82) is 0 Å². The predicted octanol–water partition coefficient (Wildman–Crippen LogP) is 4.80. The Morgan fingerprint density at radius 3 is 2.84 bits per heavy atom. The highest BCUT2D eigenvalue weighted by Crippen LogP contribution is 2.35. The molecular formula is C15H19BrClNO. The van der Waals surface area contributed by atoms with E-state index >= 15 is 0 Å². The first-order valence-corrected chi connectivity index (χ1v) is 7.80. The number of hydrogen-bond acceptors (Lipinski definition) is 1. The molecule has 0 spiro atoms. The fourth-order valence-corrected chi connectivity index (χ4v) is 3.22. The molecule has 1 aliphatic carbocycles. The molecule has 1 atom stereocenters. The Kier molecular flexibility index (Phi) is 4.57.